The Hall–Kier alpha value is -2.51. The third-order valence-electron chi connectivity index (χ3n) is 14.2. The first-order chi connectivity index (χ1) is 34.1. The maximum atomic E-state index is 11.7. The smallest absolute Gasteiger partial charge is 0.0654 e. The molecule has 69 heavy (non-hydrogen) atoms. The zero-order valence-electron chi connectivity index (χ0n) is 46.4. The third-order valence-corrected chi connectivity index (χ3v) is 15.0. The predicted octanol–water partition coefficient (Wildman–Crippen LogP) is 23.0. The SMILES string of the molecule is CCCCC1=C(c2cccc(CCCC)c2)[N+](=[N-])C(c2cccc(CCCC)c2)=C1CCCC.CCCCCCCCCCCCCCCC=[CH][Ni][CH]=CCCCCCCCCCCCCCCC. The van der Waals surface area contributed by atoms with Gasteiger partial charge in [0, 0.05) is 22.3 Å². The van der Waals surface area contributed by atoms with E-state index in [1.807, 2.05) is 0 Å². The zero-order valence-corrected chi connectivity index (χ0v) is 47.4. The number of hydrogen-bond acceptors (Lipinski definition) is 0. The number of benzene rings is 2. The first-order valence-electron chi connectivity index (χ1n) is 30.0. The minimum atomic E-state index is 1.01. The molecule has 3 heteroatoms. The fourth-order valence-electron chi connectivity index (χ4n) is 9.79. The molecule has 3 rings (SSSR count). The van der Waals surface area contributed by atoms with E-state index in [1.54, 1.807) is 14.4 Å². The molecule has 2 aromatic rings. The van der Waals surface area contributed by atoms with Crippen molar-refractivity contribution in [3.63, 3.8) is 0 Å². The van der Waals surface area contributed by atoms with Crippen LogP contribution in [0.1, 0.15) is 308 Å². The van der Waals surface area contributed by atoms with Crippen molar-refractivity contribution in [3.05, 3.63) is 110 Å². The van der Waals surface area contributed by atoms with Gasteiger partial charge in [0.2, 0.25) is 11.4 Å². The van der Waals surface area contributed by atoms with Gasteiger partial charge in [0.15, 0.2) is 0 Å². The van der Waals surface area contributed by atoms with Crippen molar-refractivity contribution in [2.24, 2.45) is 0 Å². The number of allylic oxidation sites excluding steroid dienone is 4. The van der Waals surface area contributed by atoms with Gasteiger partial charge in [-0.3, -0.25) is 0 Å². The summed E-state index contributed by atoms with van der Waals surface area (Å²) >= 11 is 1.68. The van der Waals surface area contributed by atoms with Crippen LogP contribution >= 0.6 is 0 Å². The minimum Gasteiger partial charge on any atom is -0.0654 e. The van der Waals surface area contributed by atoms with Crippen LogP contribution < -0.4 is 0 Å². The maximum absolute atomic E-state index is 11.7. The van der Waals surface area contributed by atoms with Crippen LogP contribution in [0.2, 0.25) is 0 Å². The molecule has 1 heterocycles. The van der Waals surface area contributed by atoms with Crippen LogP contribution in [-0.4, -0.2) is 4.70 Å². The first-order valence-corrected chi connectivity index (χ1v) is 31.2. The van der Waals surface area contributed by atoms with Crippen LogP contribution in [-0.2, 0) is 27.3 Å². The number of nitrogens with zero attached hydrogens (tertiary/aromatic N) is 2. The van der Waals surface area contributed by atoms with Gasteiger partial charge >= 0.3 is 165 Å². The second kappa shape index (κ2) is 45.4. The predicted molar refractivity (Wildman–Crippen MR) is 306 cm³/mol. The Balaban J connectivity index is 0.000000473. The van der Waals surface area contributed by atoms with Crippen LogP contribution in [0.3, 0.4) is 0 Å². The zero-order chi connectivity index (χ0) is 49.7. The number of aryl methyl sites for hydroxylation is 2. The van der Waals surface area contributed by atoms with Crippen LogP contribution in [0, 0.1) is 0 Å². The van der Waals surface area contributed by atoms with Crippen LogP contribution in [0.5, 0.6) is 0 Å². The topological polar surface area (TPSA) is 25.3 Å². The van der Waals surface area contributed by atoms with Gasteiger partial charge in [-0.05, 0) is 86.8 Å². The van der Waals surface area contributed by atoms with Gasteiger partial charge in [0.25, 0.3) is 0 Å². The molecular weight excluding hydrogens is 879 g/mol. The van der Waals surface area contributed by atoms with E-state index in [-0.39, 0.29) is 0 Å². The molecule has 2 aromatic carbocycles. The number of unbranched alkanes of at least 4 members (excludes halogenated alkanes) is 30. The standard InChI is InChI=1S/C32H44N2.2C17H33.Ni/c1-5-9-15-25-17-13-19-27(23-25)31-29(21-11-7-3)30(22-12-8-4)32(34(31)33)28-20-14-18-26(24-28)16-10-6-2;2*1-3-5-7-9-11-13-15-17-16-14-12-10-8-6-4-2;/h13-14,17-20,23-24H,5-12,15-16,21-22H2,1-4H3;2*1,3H,4-17H2,2H3;. The average Bonchev–Trinajstić information content (AvgIpc) is 3.65. The second-order valence-electron chi connectivity index (χ2n) is 20.6. The molecule has 0 unspecified atom stereocenters. The van der Waals surface area contributed by atoms with E-state index in [9.17, 15) is 5.53 Å². The molecule has 0 spiro atoms. The van der Waals surface area contributed by atoms with E-state index in [4.69, 9.17) is 0 Å². The Kier molecular flexibility index (Phi) is 41.2. The van der Waals surface area contributed by atoms with E-state index in [2.05, 4.69) is 112 Å². The van der Waals surface area contributed by atoms with Crippen molar-refractivity contribution in [2.75, 3.05) is 0 Å². The molecule has 0 N–H and O–H groups in total. The van der Waals surface area contributed by atoms with Crippen LogP contribution in [0.15, 0.2) is 81.9 Å². The van der Waals surface area contributed by atoms with Crippen molar-refractivity contribution >= 4 is 11.4 Å². The molecule has 394 valence electrons. The number of hydrogen-bond donors (Lipinski definition) is 0. The van der Waals surface area contributed by atoms with E-state index < -0.39 is 0 Å². The molecular formula is C66H110N2Ni. The Morgan fingerprint density at radius 2 is 0.652 bits per heavy atom. The summed E-state index contributed by atoms with van der Waals surface area (Å²) in [6.45, 7) is 13.6. The van der Waals surface area contributed by atoms with Gasteiger partial charge in [-0.25, -0.2) is 4.70 Å². The molecule has 0 fully saturated rings. The molecule has 1 aliphatic rings. The summed E-state index contributed by atoms with van der Waals surface area (Å²) in [7, 11) is 0. The van der Waals surface area contributed by atoms with E-state index in [0.717, 1.165) is 73.9 Å². The second-order valence-corrected chi connectivity index (χ2v) is 21.6. The van der Waals surface area contributed by atoms with Gasteiger partial charge in [-0.15, -0.1) is 0 Å². The normalized spacial score (nSPS) is 13.0. The Morgan fingerprint density at radius 1 is 0.362 bits per heavy atom. The summed E-state index contributed by atoms with van der Waals surface area (Å²) in [4.78, 5) is 0. The van der Waals surface area contributed by atoms with Crippen molar-refractivity contribution in [1.82, 2.24) is 0 Å². The van der Waals surface area contributed by atoms with Gasteiger partial charge in [0.1, 0.15) is 0 Å². The van der Waals surface area contributed by atoms with Crippen molar-refractivity contribution < 1.29 is 19.1 Å². The molecule has 0 bridgehead atoms. The summed E-state index contributed by atoms with van der Waals surface area (Å²) in [5.41, 5.74) is 21.5. The van der Waals surface area contributed by atoms with Gasteiger partial charge in [-0.1, -0.05) is 143 Å². The van der Waals surface area contributed by atoms with Crippen molar-refractivity contribution in [2.45, 2.75) is 298 Å². The fourth-order valence-corrected chi connectivity index (χ4v) is 10.5. The quantitative estimate of drug-likeness (QED) is 0.0359. The molecule has 1 aliphatic heterocycles. The van der Waals surface area contributed by atoms with E-state index >= 15 is 0 Å². The van der Waals surface area contributed by atoms with E-state index in [1.165, 1.54) is 232 Å². The van der Waals surface area contributed by atoms with Gasteiger partial charge < -0.3 is 5.53 Å². The average molecular weight is 990 g/mol. The molecule has 2 nitrogen and oxygen atoms in total. The summed E-state index contributed by atoms with van der Waals surface area (Å²) in [6, 6.07) is 17.7. The Morgan fingerprint density at radius 3 is 0.971 bits per heavy atom. The Labute approximate surface area is 436 Å². The summed E-state index contributed by atoms with van der Waals surface area (Å²) in [5.74, 6) is 0. The van der Waals surface area contributed by atoms with Crippen LogP contribution in [0.4, 0.5) is 0 Å². The minimum absolute atomic E-state index is 1.01. The first kappa shape index (κ1) is 62.6. The molecule has 0 saturated carbocycles. The van der Waals surface area contributed by atoms with E-state index in [0.29, 0.717) is 0 Å². The van der Waals surface area contributed by atoms with Crippen molar-refractivity contribution in [1.29, 1.82) is 0 Å². The molecule has 0 amide bonds. The summed E-state index contributed by atoms with van der Waals surface area (Å²) < 4.78 is 1.54. The molecule has 0 saturated heterocycles. The Bertz CT molecular complexity index is 1540. The summed E-state index contributed by atoms with van der Waals surface area (Å²) in [5, 5.41) is 4.63. The van der Waals surface area contributed by atoms with Crippen LogP contribution in [0.25, 0.3) is 16.9 Å². The third kappa shape index (κ3) is 30.2. The van der Waals surface area contributed by atoms with Crippen molar-refractivity contribution in [3.8, 4) is 0 Å². The fraction of sp³-hybridized carbons (Fsp3) is 0.697. The molecule has 0 aliphatic carbocycles. The van der Waals surface area contributed by atoms with Gasteiger partial charge in [0.05, 0.1) is 0 Å². The summed E-state index contributed by atoms with van der Waals surface area (Å²) in [6.07, 6.45) is 58.4. The molecule has 0 aromatic heterocycles. The molecule has 0 radical (unpaired) electrons. The number of rotatable bonds is 44. The monoisotopic (exact) mass is 989 g/mol. The van der Waals surface area contributed by atoms with Gasteiger partial charge in [-0.2, -0.15) is 0 Å². The molecule has 0 atom stereocenters.